The molecule has 4 saturated carbocycles. The molecule has 2 aliphatic heterocycles. The van der Waals surface area contributed by atoms with Crippen LogP contribution in [-0.4, -0.2) is 36.0 Å². The molecule has 1 spiro atoms. The average molecular weight is 393 g/mol. The van der Waals surface area contributed by atoms with Crippen LogP contribution in [0.1, 0.15) is 76.7 Å². The van der Waals surface area contributed by atoms with Gasteiger partial charge in [-0.05, 0) is 93.1 Å². The highest BCUT2D eigenvalue weighted by atomic mass is 16.2. The van der Waals surface area contributed by atoms with Gasteiger partial charge in [0.25, 0.3) is 0 Å². The molecule has 7 rings (SSSR count). The van der Waals surface area contributed by atoms with Gasteiger partial charge in [0.15, 0.2) is 0 Å². The summed E-state index contributed by atoms with van der Waals surface area (Å²) in [7, 11) is 0. The normalized spacial score (nSPS) is 42.5. The molecular weight excluding hydrogens is 356 g/mol. The molecule has 0 radical (unpaired) electrons. The van der Waals surface area contributed by atoms with E-state index in [1.807, 2.05) is 0 Å². The summed E-state index contributed by atoms with van der Waals surface area (Å²) in [5.74, 6) is 1.24. The highest BCUT2D eigenvalue weighted by Gasteiger charge is 2.65. The van der Waals surface area contributed by atoms with E-state index in [-0.39, 0.29) is 10.8 Å². The molecule has 4 unspecified atom stereocenters. The third-order valence-corrected chi connectivity index (χ3v) is 9.53. The van der Waals surface area contributed by atoms with E-state index < -0.39 is 0 Å². The maximum atomic E-state index is 14.1. The van der Waals surface area contributed by atoms with Crippen LogP contribution < -0.4 is 5.32 Å². The van der Waals surface area contributed by atoms with Crippen LogP contribution in [0, 0.1) is 16.7 Å². The molecule has 4 atom stereocenters. The van der Waals surface area contributed by atoms with Crippen molar-refractivity contribution in [2.45, 2.75) is 82.1 Å². The first kappa shape index (κ1) is 18.4. The summed E-state index contributed by atoms with van der Waals surface area (Å²) >= 11 is 0. The molecule has 4 bridgehead atoms. The van der Waals surface area contributed by atoms with Crippen LogP contribution in [0.5, 0.6) is 0 Å². The third kappa shape index (κ3) is 2.76. The number of hydrogen-bond donors (Lipinski definition) is 1. The summed E-state index contributed by atoms with van der Waals surface area (Å²) in [6.45, 7) is 5.59. The summed E-state index contributed by atoms with van der Waals surface area (Å²) in [5, 5.41) is 3.76. The van der Waals surface area contributed by atoms with Crippen LogP contribution >= 0.6 is 0 Å². The summed E-state index contributed by atoms with van der Waals surface area (Å²) in [5.41, 5.74) is 2.32. The van der Waals surface area contributed by atoms with E-state index in [1.54, 1.807) is 0 Å². The Labute approximate surface area is 175 Å². The van der Waals surface area contributed by atoms with Crippen molar-refractivity contribution in [3.05, 3.63) is 35.9 Å². The van der Waals surface area contributed by atoms with Gasteiger partial charge in [-0.1, -0.05) is 37.3 Å². The molecule has 4 aliphatic carbocycles. The quantitative estimate of drug-likeness (QED) is 0.794. The number of benzene rings is 1. The van der Waals surface area contributed by atoms with E-state index in [9.17, 15) is 4.79 Å². The fraction of sp³-hybridized carbons (Fsp3) is 0.731. The fourth-order valence-corrected chi connectivity index (χ4v) is 9.04. The fourth-order valence-electron chi connectivity index (χ4n) is 9.04. The molecule has 2 heterocycles. The molecule has 156 valence electrons. The monoisotopic (exact) mass is 392 g/mol. The predicted molar refractivity (Wildman–Crippen MR) is 116 cm³/mol. The van der Waals surface area contributed by atoms with Crippen molar-refractivity contribution in [3.63, 3.8) is 0 Å². The van der Waals surface area contributed by atoms with Crippen molar-refractivity contribution in [1.29, 1.82) is 0 Å². The van der Waals surface area contributed by atoms with E-state index in [1.165, 1.54) is 37.7 Å². The molecule has 0 aromatic heterocycles. The van der Waals surface area contributed by atoms with Gasteiger partial charge >= 0.3 is 0 Å². The van der Waals surface area contributed by atoms with Crippen LogP contribution in [0.25, 0.3) is 0 Å². The van der Waals surface area contributed by atoms with Gasteiger partial charge in [-0.15, -0.1) is 0 Å². The first-order chi connectivity index (χ1) is 13.9. The Balaban J connectivity index is 1.29. The second-order valence-corrected chi connectivity index (χ2v) is 11.8. The average Bonchev–Trinajstić information content (AvgIpc) is 3.15. The van der Waals surface area contributed by atoms with Gasteiger partial charge in [0.05, 0.1) is 5.41 Å². The Hall–Kier alpha value is -1.35. The number of hydrogen-bond acceptors (Lipinski definition) is 2. The largest absolute Gasteiger partial charge is 0.342 e. The third-order valence-electron chi connectivity index (χ3n) is 9.53. The molecular formula is C26H36N2O. The Morgan fingerprint density at radius 1 is 1.00 bits per heavy atom. The summed E-state index contributed by atoms with van der Waals surface area (Å²) < 4.78 is 0. The van der Waals surface area contributed by atoms with Crippen LogP contribution in [0.4, 0.5) is 0 Å². The van der Waals surface area contributed by atoms with E-state index in [2.05, 4.69) is 47.5 Å². The van der Waals surface area contributed by atoms with E-state index >= 15 is 0 Å². The second kappa shape index (κ2) is 6.09. The summed E-state index contributed by atoms with van der Waals surface area (Å²) in [6, 6.07) is 11.2. The maximum absolute atomic E-state index is 14.1. The predicted octanol–water partition coefficient (Wildman–Crippen LogP) is 4.66. The molecule has 1 amide bonds. The Morgan fingerprint density at radius 3 is 2.48 bits per heavy atom. The zero-order chi connectivity index (χ0) is 19.7. The van der Waals surface area contributed by atoms with Crippen molar-refractivity contribution >= 4 is 5.91 Å². The van der Waals surface area contributed by atoms with Crippen molar-refractivity contribution < 1.29 is 4.79 Å². The van der Waals surface area contributed by atoms with Gasteiger partial charge in [0.1, 0.15) is 0 Å². The smallest absolute Gasteiger partial charge is 0.228 e. The standard InChI is InChI=1S/C26H36N2O/c1-23-14-20-15-24(17-23,21-6-3-2-4-7-21)19-25(16-20,18-23)22(29)28-12-9-26(10-13-28)8-5-11-27-26/h2-4,6-7,20,27H,5,8-19H2,1H3. The van der Waals surface area contributed by atoms with Crippen LogP contribution in [0.3, 0.4) is 0 Å². The number of carbonyl (C=O) groups is 1. The minimum Gasteiger partial charge on any atom is -0.342 e. The Morgan fingerprint density at radius 2 is 1.79 bits per heavy atom. The number of amides is 1. The van der Waals surface area contributed by atoms with Gasteiger partial charge in [-0.3, -0.25) is 4.79 Å². The molecule has 29 heavy (non-hydrogen) atoms. The lowest BCUT2D eigenvalue weighted by molar-refractivity contribution is -0.172. The van der Waals surface area contributed by atoms with Crippen molar-refractivity contribution in [2.24, 2.45) is 16.7 Å². The molecule has 1 aromatic rings. The SMILES string of the molecule is CC12CC3CC(C(=O)N4CCC5(CCCN5)CC4)(C1)CC(c1ccccc1)(C3)C2. The highest BCUT2D eigenvalue weighted by molar-refractivity contribution is 5.84. The first-order valence-corrected chi connectivity index (χ1v) is 12.0. The number of piperidine rings is 1. The molecule has 6 fully saturated rings. The second-order valence-electron chi connectivity index (χ2n) is 11.8. The van der Waals surface area contributed by atoms with Gasteiger partial charge in [-0.2, -0.15) is 0 Å². The molecule has 2 saturated heterocycles. The van der Waals surface area contributed by atoms with Crippen molar-refractivity contribution in [1.82, 2.24) is 10.2 Å². The van der Waals surface area contributed by atoms with Crippen molar-refractivity contribution in [3.8, 4) is 0 Å². The molecule has 3 nitrogen and oxygen atoms in total. The van der Waals surface area contributed by atoms with Crippen LogP contribution in [0.2, 0.25) is 0 Å². The van der Waals surface area contributed by atoms with Crippen molar-refractivity contribution in [2.75, 3.05) is 19.6 Å². The van der Waals surface area contributed by atoms with Gasteiger partial charge in [0.2, 0.25) is 5.91 Å². The first-order valence-electron chi connectivity index (χ1n) is 12.0. The van der Waals surface area contributed by atoms with Gasteiger partial charge in [-0.25, -0.2) is 0 Å². The van der Waals surface area contributed by atoms with Crippen LogP contribution in [0.15, 0.2) is 30.3 Å². The minimum absolute atomic E-state index is 0.0996. The van der Waals surface area contributed by atoms with E-state index in [4.69, 9.17) is 0 Å². The lowest BCUT2D eigenvalue weighted by Gasteiger charge is -2.66. The topological polar surface area (TPSA) is 32.3 Å². The van der Waals surface area contributed by atoms with E-state index in [0.29, 0.717) is 16.9 Å². The molecule has 1 aromatic carbocycles. The number of likely N-dealkylation sites (tertiary alicyclic amines) is 1. The lowest BCUT2D eigenvalue weighted by Crippen LogP contribution is -2.63. The number of nitrogens with zero attached hydrogens (tertiary/aromatic N) is 1. The van der Waals surface area contributed by atoms with Gasteiger partial charge in [0, 0.05) is 18.6 Å². The molecule has 3 heteroatoms. The zero-order valence-corrected chi connectivity index (χ0v) is 18.0. The van der Waals surface area contributed by atoms with Gasteiger partial charge < -0.3 is 10.2 Å². The highest BCUT2D eigenvalue weighted by Crippen LogP contribution is 2.70. The zero-order valence-electron chi connectivity index (χ0n) is 18.0. The number of rotatable bonds is 2. The molecule has 1 N–H and O–H groups in total. The Bertz CT molecular complexity index is 805. The number of nitrogens with one attached hydrogen (secondary N) is 1. The van der Waals surface area contributed by atoms with Crippen LogP contribution in [-0.2, 0) is 10.2 Å². The maximum Gasteiger partial charge on any atom is 0.228 e. The summed E-state index contributed by atoms with van der Waals surface area (Å²) in [6.07, 6.45) is 12.2. The summed E-state index contributed by atoms with van der Waals surface area (Å²) in [4.78, 5) is 16.4. The molecule has 6 aliphatic rings. The lowest BCUT2D eigenvalue weighted by atomic mass is 9.38. The minimum atomic E-state index is -0.0996. The van der Waals surface area contributed by atoms with E-state index in [0.717, 1.165) is 57.7 Å². The number of carbonyl (C=O) groups excluding carboxylic acids is 1. The Kier molecular flexibility index (Phi) is 3.87.